The number of benzene rings is 1. The minimum atomic E-state index is -1.44. The Morgan fingerprint density at radius 3 is 2.22 bits per heavy atom. The number of para-hydroxylation sites is 1. The molecule has 4 aliphatic heterocycles. The van der Waals surface area contributed by atoms with Gasteiger partial charge in [0.2, 0.25) is 0 Å². The van der Waals surface area contributed by atoms with Crippen LogP contribution in [0.15, 0.2) is 42.6 Å². The van der Waals surface area contributed by atoms with Gasteiger partial charge in [0.1, 0.15) is 17.5 Å². The number of hydrogen-bond acceptors (Lipinski definition) is 17. The first kappa shape index (κ1) is 58.7. The molecular weight excluding hydrogens is 955 g/mol. The Labute approximate surface area is 437 Å². The maximum absolute atomic E-state index is 15.0. The number of fused-ring (bicyclic) bond motifs is 2. The summed E-state index contributed by atoms with van der Waals surface area (Å²) in [5.74, 6) is -5.18. The molecule has 4 saturated heterocycles. The van der Waals surface area contributed by atoms with Crippen molar-refractivity contribution in [2.24, 2.45) is 23.7 Å². The third kappa shape index (κ3) is 13.0. The molecule has 0 saturated carbocycles. The highest BCUT2D eigenvalue weighted by molar-refractivity contribution is 5.85. The van der Waals surface area contributed by atoms with E-state index < -0.39 is 120 Å². The number of ketones is 1. The van der Waals surface area contributed by atoms with Crippen LogP contribution in [0, 0.1) is 23.7 Å². The molecule has 0 radical (unpaired) electrons. The first-order valence-corrected chi connectivity index (χ1v) is 26.5. The molecule has 6 rings (SSSR count). The third-order valence-corrected chi connectivity index (χ3v) is 15.9. The zero-order valence-corrected chi connectivity index (χ0v) is 46.2. The van der Waals surface area contributed by atoms with Crippen LogP contribution in [0.3, 0.4) is 0 Å². The monoisotopic (exact) mass is 1040 g/mol. The van der Waals surface area contributed by atoms with Crippen molar-refractivity contribution < 1.29 is 71.3 Å². The van der Waals surface area contributed by atoms with Crippen LogP contribution in [-0.2, 0) is 66.5 Å². The number of rotatable bonds is 15. The average molecular weight is 1040 g/mol. The lowest BCUT2D eigenvalue weighted by Gasteiger charge is -2.50. The van der Waals surface area contributed by atoms with Gasteiger partial charge < -0.3 is 57.6 Å². The average Bonchev–Trinajstić information content (AvgIpc) is 3.69. The number of pyridine rings is 1. The molecule has 0 unspecified atom stereocenters. The number of hydrogen-bond donors (Lipinski definition) is 1. The Hall–Kier alpha value is -4.56. The number of nitrogens with one attached hydrogen (secondary N) is 1. The maximum atomic E-state index is 15.0. The summed E-state index contributed by atoms with van der Waals surface area (Å²) >= 11 is 0. The largest absolute Gasteiger partial charge is 0.458 e. The molecule has 74 heavy (non-hydrogen) atoms. The molecule has 18 atom stereocenters. The van der Waals surface area contributed by atoms with E-state index in [-0.39, 0.29) is 56.6 Å². The summed E-state index contributed by atoms with van der Waals surface area (Å²) < 4.78 is 65.4. The van der Waals surface area contributed by atoms with Gasteiger partial charge in [0.15, 0.2) is 30.4 Å². The van der Waals surface area contributed by atoms with E-state index in [2.05, 4.69) is 10.3 Å². The van der Waals surface area contributed by atoms with Crippen molar-refractivity contribution in [3.63, 3.8) is 0 Å². The number of alkyl carbamates (subject to hydrolysis) is 1. The number of likely N-dealkylation sites (N-methyl/N-ethyl adjacent to an activating group) is 1. The molecule has 0 bridgehead atoms. The standard InChI is InChI=1S/C56H83N3O15/c1-16-41-56(12)48(58-53(64)74-56)33(6)45(62)31(4)28-55(11,66-25-21-22-37-27-38-23-19-20-24-39(38)57-30-37)49(73-52-47(70-42(60)17-2)40(59(13)14)26-32(5)67-52)34(7)46(35(8)51(63)69-41)72-44-29-54(10,65-15)50(36(9)68-44)71-43(61)18-3/h19-24,27,30-36,40-41,44,46-50,52H,16-18,25-26,28-29H2,1-15H3,(H,58,64)/b22-21+/t31-,32-,33+,34+,35-,36+,40+,41-,44+,46+,47-,48-,49-,50+,52+,54-,55+,56-/m1/s1. The SMILES string of the molecule is CCC(=O)O[C@H]1[C@H](O[C@@H]2[C@@H](C)[C@H](O[C@H]3C[C@@](C)(OC)[C@@H](OC(=O)CC)[C@H](C)O3)[C@@H](C)C(=O)O[C@H](CC)[C@@]3(C)OC(=O)N[C@@H]3[C@@H](C)C(=O)[C@H](C)C[C@]2(C)OC/C=C/c2cnc3ccccc3c2)O[C@H](C)C[C@@H]1N(C)C. The topological polar surface area (TPSA) is 206 Å². The molecule has 1 amide bonds. The van der Waals surface area contributed by atoms with Gasteiger partial charge in [-0.15, -0.1) is 0 Å². The Bertz CT molecular complexity index is 2310. The summed E-state index contributed by atoms with van der Waals surface area (Å²) in [6.07, 6.45) is -2.17. The van der Waals surface area contributed by atoms with Crippen LogP contribution in [0.4, 0.5) is 4.79 Å². The molecule has 18 heteroatoms. The number of methoxy groups -OCH3 is 1. The smallest absolute Gasteiger partial charge is 0.408 e. The fourth-order valence-corrected chi connectivity index (χ4v) is 11.7. The van der Waals surface area contributed by atoms with E-state index in [4.69, 9.17) is 47.4 Å². The lowest BCUT2D eigenvalue weighted by molar-refractivity contribution is -0.321. The molecule has 0 spiro atoms. The molecule has 0 aliphatic carbocycles. The van der Waals surface area contributed by atoms with E-state index in [1.807, 2.05) is 103 Å². The number of ether oxygens (including phenoxy) is 10. The molecule has 1 aromatic carbocycles. The van der Waals surface area contributed by atoms with Crippen LogP contribution < -0.4 is 5.32 Å². The van der Waals surface area contributed by atoms with E-state index in [1.165, 1.54) is 7.11 Å². The Kier molecular flexibility index (Phi) is 19.5. The third-order valence-electron chi connectivity index (χ3n) is 15.9. The normalized spacial score (nSPS) is 38.4. The van der Waals surface area contributed by atoms with E-state index in [1.54, 1.807) is 47.7 Å². The number of esters is 3. The van der Waals surface area contributed by atoms with E-state index in [0.717, 1.165) is 16.5 Å². The highest BCUT2D eigenvalue weighted by Gasteiger charge is 2.58. The Morgan fingerprint density at radius 1 is 0.865 bits per heavy atom. The number of amides is 1. The molecule has 18 nitrogen and oxygen atoms in total. The predicted octanol–water partition coefficient (Wildman–Crippen LogP) is 7.75. The molecular formula is C56H83N3O15. The second-order valence-corrected chi connectivity index (χ2v) is 21.8. The number of carbonyl (C=O) groups excluding carboxylic acids is 5. The number of Topliss-reactive ketones (excluding diaryl/α,β-unsaturated/α-hetero) is 1. The minimum absolute atomic E-state index is 0.0298. The van der Waals surface area contributed by atoms with Gasteiger partial charge in [-0.2, -0.15) is 0 Å². The maximum Gasteiger partial charge on any atom is 0.408 e. The van der Waals surface area contributed by atoms with Crippen molar-refractivity contribution in [3.8, 4) is 0 Å². The zero-order chi connectivity index (χ0) is 54.4. The van der Waals surface area contributed by atoms with Crippen molar-refractivity contribution in [2.45, 2.75) is 206 Å². The van der Waals surface area contributed by atoms with Crippen LogP contribution in [0.2, 0.25) is 0 Å². The predicted molar refractivity (Wildman–Crippen MR) is 274 cm³/mol. The lowest BCUT2D eigenvalue weighted by Crippen LogP contribution is -2.62. The molecule has 4 aliphatic rings. The second-order valence-electron chi connectivity index (χ2n) is 21.8. The number of aromatic nitrogens is 1. The van der Waals surface area contributed by atoms with Gasteiger partial charge >= 0.3 is 24.0 Å². The lowest BCUT2D eigenvalue weighted by atomic mass is 9.73. The number of nitrogens with zero attached hydrogens (tertiary/aromatic N) is 2. The fraction of sp³-hybridized carbons (Fsp3) is 0.714. The Morgan fingerprint density at radius 2 is 1.55 bits per heavy atom. The summed E-state index contributed by atoms with van der Waals surface area (Å²) in [6.45, 7) is 21.5. The van der Waals surface area contributed by atoms with Gasteiger partial charge in [0.25, 0.3) is 0 Å². The molecule has 2 aromatic rings. The molecule has 1 aromatic heterocycles. The van der Waals surface area contributed by atoms with Crippen molar-refractivity contribution in [2.75, 3.05) is 27.8 Å². The number of cyclic esters (lactones) is 1. The summed E-state index contributed by atoms with van der Waals surface area (Å²) in [7, 11) is 5.35. The summed E-state index contributed by atoms with van der Waals surface area (Å²) in [5.41, 5.74) is -2.25. The van der Waals surface area contributed by atoms with E-state index >= 15 is 9.59 Å². The molecule has 412 valence electrons. The van der Waals surface area contributed by atoms with Crippen molar-refractivity contribution in [3.05, 3.63) is 48.2 Å². The van der Waals surface area contributed by atoms with Crippen LogP contribution in [0.1, 0.15) is 127 Å². The highest BCUT2D eigenvalue weighted by Crippen LogP contribution is 2.44. The van der Waals surface area contributed by atoms with Gasteiger partial charge in [-0.3, -0.25) is 24.2 Å². The van der Waals surface area contributed by atoms with E-state index in [0.29, 0.717) is 6.42 Å². The fourth-order valence-electron chi connectivity index (χ4n) is 11.7. The number of carbonyl (C=O) groups is 5. The van der Waals surface area contributed by atoms with E-state index in [9.17, 15) is 14.4 Å². The van der Waals surface area contributed by atoms with Crippen molar-refractivity contribution >= 4 is 46.8 Å². The minimum Gasteiger partial charge on any atom is -0.458 e. The second kappa shape index (κ2) is 24.6. The van der Waals surface area contributed by atoms with Gasteiger partial charge in [0.05, 0.1) is 60.1 Å². The van der Waals surface area contributed by atoms with Crippen LogP contribution in [-0.4, -0.2) is 152 Å². The van der Waals surface area contributed by atoms with Gasteiger partial charge in [-0.25, -0.2) is 4.79 Å². The van der Waals surface area contributed by atoms with Crippen LogP contribution >= 0.6 is 0 Å². The Balaban J connectivity index is 1.52. The van der Waals surface area contributed by atoms with Gasteiger partial charge in [-0.1, -0.05) is 71.9 Å². The quantitative estimate of drug-likeness (QED) is 0.134. The van der Waals surface area contributed by atoms with Gasteiger partial charge in [0, 0.05) is 55.7 Å². The first-order valence-electron chi connectivity index (χ1n) is 26.5. The first-order chi connectivity index (χ1) is 34.9. The summed E-state index contributed by atoms with van der Waals surface area (Å²) in [6, 6.07) is 8.65. The van der Waals surface area contributed by atoms with Crippen LogP contribution in [0.5, 0.6) is 0 Å². The molecule has 1 N–H and O–H groups in total. The summed E-state index contributed by atoms with van der Waals surface area (Å²) in [5, 5.41) is 3.85. The van der Waals surface area contributed by atoms with Gasteiger partial charge in [-0.05, 0) is 92.6 Å². The zero-order valence-electron chi connectivity index (χ0n) is 46.2. The van der Waals surface area contributed by atoms with Crippen molar-refractivity contribution in [1.29, 1.82) is 0 Å². The highest BCUT2D eigenvalue weighted by atomic mass is 16.7. The molecule has 4 fully saturated rings. The van der Waals surface area contributed by atoms with Crippen molar-refractivity contribution in [1.82, 2.24) is 15.2 Å². The van der Waals surface area contributed by atoms with Crippen LogP contribution in [0.25, 0.3) is 17.0 Å². The molecule has 5 heterocycles. The summed E-state index contributed by atoms with van der Waals surface area (Å²) in [4.78, 5) is 75.9.